The fourth-order valence-corrected chi connectivity index (χ4v) is 5.31. The van der Waals surface area contributed by atoms with E-state index < -0.39 is 5.97 Å². The molecule has 1 aliphatic rings. The van der Waals surface area contributed by atoms with E-state index in [0.29, 0.717) is 21.9 Å². The minimum absolute atomic E-state index is 0.369. The van der Waals surface area contributed by atoms with Crippen molar-refractivity contribution >= 4 is 29.1 Å². The molecule has 1 aromatic carbocycles. The van der Waals surface area contributed by atoms with Crippen LogP contribution in [0, 0.1) is 11.3 Å². The summed E-state index contributed by atoms with van der Waals surface area (Å²) in [6.07, 6.45) is 3.77. The summed E-state index contributed by atoms with van der Waals surface area (Å²) in [5.41, 5.74) is 5.03. The molecule has 140 valence electrons. The molecule has 0 fully saturated rings. The Balaban J connectivity index is 1.75. The van der Waals surface area contributed by atoms with Crippen molar-refractivity contribution in [1.29, 1.82) is 5.26 Å². The molecule has 0 spiro atoms. The van der Waals surface area contributed by atoms with E-state index in [9.17, 15) is 9.90 Å². The van der Waals surface area contributed by atoms with E-state index in [4.69, 9.17) is 10.2 Å². The van der Waals surface area contributed by atoms with E-state index in [1.165, 1.54) is 11.8 Å². The maximum atomic E-state index is 12.1. The van der Waals surface area contributed by atoms with Crippen molar-refractivity contribution in [3.05, 3.63) is 69.6 Å². The lowest BCUT2D eigenvalue weighted by atomic mass is 9.87. The summed E-state index contributed by atoms with van der Waals surface area (Å²) in [6, 6.07) is 13.6. The summed E-state index contributed by atoms with van der Waals surface area (Å²) in [5, 5.41) is 21.5. The Labute approximate surface area is 171 Å². The molecule has 4 nitrogen and oxygen atoms in total. The zero-order valence-corrected chi connectivity index (χ0v) is 16.8. The number of aromatic nitrogens is 1. The number of carbonyl (C=O) groups is 1. The molecule has 0 saturated heterocycles. The number of thiophene rings is 1. The number of pyridine rings is 1. The number of carboxylic acids is 1. The van der Waals surface area contributed by atoms with E-state index in [-0.39, 0.29) is 0 Å². The lowest BCUT2D eigenvalue weighted by molar-refractivity contribution is 0.0690. The van der Waals surface area contributed by atoms with Crippen molar-refractivity contribution in [1.82, 2.24) is 4.98 Å². The third-order valence-corrected chi connectivity index (χ3v) is 6.83. The normalized spacial score (nSPS) is 13.0. The van der Waals surface area contributed by atoms with Crippen LogP contribution in [0.25, 0.3) is 10.6 Å². The quantitative estimate of drug-likeness (QED) is 0.562. The van der Waals surface area contributed by atoms with E-state index in [0.717, 1.165) is 52.9 Å². The summed E-state index contributed by atoms with van der Waals surface area (Å²) in [4.78, 5) is 18.0. The van der Waals surface area contributed by atoms with Gasteiger partial charge in [-0.25, -0.2) is 9.78 Å². The first kappa shape index (κ1) is 18.7. The minimum Gasteiger partial charge on any atom is -0.478 e. The van der Waals surface area contributed by atoms with E-state index in [1.54, 1.807) is 23.5 Å². The molecule has 4 rings (SSSR count). The highest BCUT2D eigenvalue weighted by atomic mass is 32.2. The zero-order valence-electron chi connectivity index (χ0n) is 15.1. The maximum Gasteiger partial charge on any atom is 0.338 e. The monoisotopic (exact) mass is 406 g/mol. The Morgan fingerprint density at radius 1 is 1.18 bits per heavy atom. The van der Waals surface area contributed by atoms with Crippen molar-refractivity contribution in [2.45, 2.75) is 36.5 Å². The standard InChI is InChI=1S/C22H18N2O2S2/c23-12-14-7-9-15(10-8-14)13-28-21-19(22(25)26)16-4-1-2-5-17(16)20(24-21)18-6-3-11-27-18/h3,6-11H,1-2,4-5,13H2,(H,25,26). The highest BCUT2D eigenvalue weighted by molar-refractivity contribution is 7.98. The van der Waals surface area contributed by atoms with E-state index >= 15 is 0 Å². The topological polar surface area (TPSA) is 74.0 Å². The molecule has 0 radical (unpaired) electrons. The number of rotatable bonds is 5. The highest BCUT2D eigenvalue weighted by Crippen LogP contribution is 2.39. The van der Waals surface area contributed by atoms with Gasteiger partial charge in [0.25, 0.3) is 0 Å². The van der Waals surface area contributed by atoms with Crippen LogP contribution >= 0.6 is 23.1 Å². The Morgan fingerprint density at radius 2 is 1.93 bits per heavy atom. The lowest BCUT2D eigenvalue weighted by Gasteiger charge is -2.22. The number of nitriles is 1. The Bertz CT molecular complexity index is 1050. The number of hydrogen-bond donors (Lipinski definition) is 1. The molecule has 2 aromatic heterocycles. The minimum atomic E-state index is -0.897. The second-order valence-electron chi connectivity index (χ2n) is 6.68. The van der Waals surface area contributed by atoms with Crippen LogP contribution in [0.1, 0.15) is 45.5 Å². The van der Waals surface area contributed by atoms with Gasteiger partial charge in [0.2, 0.25) is 0 Å². The van der Waals surface area contributed by atoms with Crippen molar-refractivity contribution < 1.29 is 9.90 Å². The van der Waals surface area contributed by atoms with Crippen LogP contribution in [0.3, 0.4) is 0 Å². The number of hydrogen-bond acceptors (Lipinski definition) is 5. The van der Waals surface area contributed by atoms with Gasteiger partial charge in [0.05, 0.1) is 27.8 Å². The molecule has 1 aliphatic carbocycles. The van der Waals surface area contributed by atoms with Gasteiger partial charge in [0, 0.05) is 5.75 Å². The SMILES string of the molecule is N#Cc1ccc(CSc2nc(-c3cccs3)c3c(c2C(=O)O)CCCC3)cc1. The number of carboxylic acid groups (broad SMARTS) is 1. The Kier molecular flexibility index (Phi) is 5.47. The molecule has 2 heterocycles. The molecule has 1 N–H and O–H groups in total. The fourth-order valence-electron chi connectivity index (χ4n) is 3.57. The number of benzene rings is 1. The predicted octanol–water partition coefficient (Wildman–Crippen LogP) is 5.55. The van der Waals surface area contributed by atoms with E-state index in [1.807, 2.05) is 23.6 Å². The van der Waals surface area contributed by atoms with Crippen molar-refractivity contribution in [2.24, 2.45) is 0 Å². The molecular weight excluding hydrogens is 388 g/mol. The summed E-state index contributed by atoms with van der Waals surface area (Å²) in [5.74, 6) is -0.285. The number of fused-ring (bicyclic) bond motifs is 1. The average Bonchev–Trinajstić information content (AvgIpc) is 3.26. The Hall–Kier alpha value is -2.62. The number of thioether (sulfide) groups is 1. The summed E-state index contributed by atoms with van der Waals surface area (Å²) in [6.45, 7) is 0. The number of aromatic carboxylic acids is 1. The number of nitrogens with zero attached hydrogens (tertiary/aromatic N) is 2. The predicted molar refractivity (Wildman–Crippen MR) is 112 cm³/mol. The summed E-state index contributed by atoms with van der Waals surface area (Å²) in [7, 11) is 0. The van der Waals surface area contributed by atoms with Crippen LogP contribution in [0.5, 0.6) is 0 Å². The van der Waals surface area contributed by atoms with Crippen LogP contribution in [0.15, 0.2) is 46.8 Å². The van der Waals surface area contributed by atoms with Crippen LogP contribution in [-0.2, 0) is 18.6 Å². The average molecular weight is 407 g/mol. The Morgan fingerprint density at radius 3 is 2.57 bits per heavy atom. The summed E-state index contributed by atoms with van der Waals surface area (Å²) >= 11 is 3.10. The second-order valence-corrected chi connectivity index (χ2v) is 8.60. The van der Waals surface area contributed by atoms with Gasteiger partial charge in [0.15, 0.2) is 0 Å². The third-order valence-electron chi connectivity index (χ3n) is 4.91. The molecule has 0 saturated carbocycles. The van der Waals surface area contributed by atoms with Crippen LogP contribution < -0.4 is 0 Å². The van der Waals surface area contributed by atoms with Gasteiger partial charge in [-0.1, -0.05) is 18.2 Å². The smallest absolute Gasteiger partial charge is 0.338 e. The van der Waals surface area contributed by atoms with Gasteiger partial charge in [0.1, 0.15) is 5.03 Å². The molecule has 0 bridgehead atoms. The van der Waals surface area contributed by atoms with E-state index in [2.05, 4.69) is 12.1 Å². The molecule has 6 heteroatoms. The lowest BCUT2D eigenvalue weighted by Crippen LogP contribution is -2.15. The third kappa shape index (κ3) is 3.68. The molecular formula is C22H18N2O2S2. The van der Waals surface area contributed by atoms with Crippen LogP contribution in [0.4, 0.5) is 0 Å². The second kappa shape index (κ2) is 8.17. The zero-order chi connectivity index (χ0) is 19.5. The van der Waals surface area contributed by atoms with Gasteiger partial charge in [-0.05, 0) is 66.0 Å². The van der Waals surface area contributed by atoms with Crippen molar-refractivity contribution in [3.63, 3.8) is 0 Å². The summed E-state index contributed by atoms with van der Waals surface area (Å²) < 4.78 is 0. The molecule has 3 aromatic rings. The molecule has 0 amide bonds. The van der Waals surface area contributed by atoms with Gasteiger partial charge in [-0.3, -0.25) is 0 Å². The molecule has 0 atom stereocenters. The first-order chi connectivity index (χ1) is 13.7. The first-order valence-corrected chi connectivity index (χ1v) is 11.0. The van der Waals surface area contributed by atoms with Crippen LogP contribution in [-0.4, -0.2) is 16.1 Å². The van der Waals surface area contributed by atoms with Crippen molar-refractivity contribution in [2.75, 3.05) is 0 Å². The maximum absolute atomic E-state index is 12.1. The highest BCUT2D eigenvalue weighted by Gasteiger charge is 2.26. The van der Waals surface area contributed by atoms with Crippen LogP contribution in [0.2, 0.25) is 0 Å². The largest absolute Gasteiger partial charge is 0.478 e. The van der Waals surface area contributed by atoms with Gasteiger partial charge in [-0.15, -0.1) is 23.1 Å². The van der Waals surface area contributed by atoms with Gasteiger partial charge < -0.3 is 5.11 Å². The van der Waals surface area contributed by atoms with Gasteiger partial charge >= 0.3 is 5.97 Å². The first-order valence-electron chi connectivity index (χ1n) is 9.12. The van der Waals surface area contributed by atoms with Crippen molar-refractivity contribution in [3.8, 4) is 16.6 Å². The molecule has 28 heavy (non-hydrogen) atoms. The van der Waals surface area contributed by atoms with Gasteiger partial charge in [-0.2, -0.15) is 5.26 Å². The molecule has 0 unspecified atom stereocenters. The fraction of sp³-hybridized carbons (Fsp3) is 0.227. The molecule has 0 aliphatic heterocycles.